The van der Waals surface area contributed by atoms with Gasteiger partial charge in [0, 0.05) is 23.8 Å². The summed E-state index contributed by atoms with van der Waals surface area (Å²) in [5.74, 6) is -1.00. The molecule has 4 rings (SSSR count). The molecule has 39 heavy (non-hydrogen) atoms. The first kappa shape index (κ1) is 30.2. The maximum atomic E-state index is 14.9. The van der Waals surface area contributed by atoms with Crippen molar-refractivity contribution in [2.24, 2.45) is 35.5 Å². The summed E-state index contributed by atoms with van der Waals surface area (Å²) in [7, 11) is 0. The van der Waals surface area contributed by atoms with Gasteiger partial charge in [-0.3, -0.25) is 0 Å². The Kier molecular flexibility index (Phi) is 9.96. The van der Waals surface area contributed by atoms with Gasteiger partial charge < -0.3 is 4.74 Å². The maximum absolute atomic E-state index is 14.9. The Balaban J connectivity index is 1.24. The van der Waals surface area contributed by atoms with Crippen LogP contribution in [-0.4, -0.2) is 12.3 Å². The fourth-order valence-corrected chi connectivity index (χ4v) is 7.57. The molecule has 0 atom stereocenters. The molecule has 0 bridgehead atoms. The fourth-order valence-electron chi connectivity index (χ4n) is 7.57. The van der Waals surface area contributed by atoms with Gasteiger partial charge in [0.25, 0.3) is 0 Å². The van der Waals surface area contributed by atoms with Gasteiger partial charge >= 0.3 is 12.3 Å². The number of benzene rings is 1. The monoisotopic (exact) mass is 562 g/mol. The average molecular weight is 563 g/mol. The van der Waals surface area contributed by atoms with E-state index in [-0.39, 0.29) is 25.0 Å². The van der Waals surface area contributed by atoms with E-state index < -0.39 is 41.2 Å². The SMILES string of the molecule is CCCC1CCC(C2CCC(C3CCC(C(F)(F)Oc4cc(F)c(C=CC(F)(F)F)c(F)c4)CC3)CC2)CC1. The molecule has 0 aromatic heterocycles. The molecule has 1 aromatic rings. The van der Waals surface area contributed by atoms with E-state index in [1.165, 1.54) is 64.2 Å². The van der Waals surface area contributed by atoms with Gasteiger partial charge in [0.2, 0.25) is 0 Å². The van der Waals surface area contributed by atoms with Crippen molar-refractivity contribution < 1.29 is 35.5 Å². The van der Waals surface area contributed by atoms with Crippen molar-refractivity contribution in [2.75, 3.05) is 0 Å². The van der Waals surface area contributed by atoms with Gasteiger partial charge in [-0.1, -0.05) is 32.6 Å². The lowest BCUT2D eigenvalue weighted by atomic mass is 9.65. The van der Waals surface area contributed by atoms with E-state index in [4.69, 9.17) is 4.74 Å². The molecule has 1 nitrogen and oxygen atoms in total. The van der Waals surface area contributed by atoms with Crippen LogP contribution in [-0.2, 0) is 0 Å². The highest BCUT2D eigenvalue weighted by Gasteiger charge is 2.45. The average Bonchev–Trinajstić information content (AvgIpc) is 2.88. The minimum absolute atomic E-state index is 0.235. The second-order valence-corrected chi connectivity index (χ2v) is 12.2. The van der Waals surface area contributed by atoms with Gasteiger partial charge in [0.1, 0.15) is 17.4 Å². The van der Waals surface area contributed by atoms with Crippen molar-refractivity contribution in [1.29, 1.82) is 0 Å². The Morgan fingerprint density at radius 3 is 1.59 bits per heavy atom. The predicted molar refractivity (Wildman–Crippen MR) is 138 cm³/mol. The van der Waals surface area contributed by atoms with Crippen LogP contribution in [0.2, 0.25) is 0 Å². The minimum atomic E-state index is -4.76. The third-order valence-electron chi connectivity index (χ3n) is 9.73. The summed E-state index contributed by atoms with van der Waals surface area (Å²) < 4.78 is 99.9. The number of alkyl halides is 5. The lowest BCUT2D eigenvalue weighted by molar-refractivity contribution is -0.224. The van der Waals surface area contributed by atoms with Crippen LogP contribution in [0.25, 0.3) is 6.08 Å². The van der Waals surface area contributed by atoms with Crippen molar-refractivity contribution in [1.82, 2.24) is 0 Å². The molecular formula is C31H41F7O. The largest absolute Gasteiger partial charge is 0.432 e. The minimum Gasteiger partial charge on any atom is -0.432 e. The first-order chi connectivity index (χ1) is 18.4. The molecule has 3 saturated carbocycles. The molecule has 8 heteroatoms. The van der Waals surface area contributed by atoms with Gasteiger partial charge in [-0.2, -0.15) is 22.0 Å². The highest BCUT2D eigenvalue weighted by molar-refractivity contribution is 5.53. The number of rotatable bonds is 8. The molecule has 1 aromatic carbocycles. The molecule has 3 aliphatic rings. The first-order valence-corrected chi connectivity index (χ1v) is 14.8. The van der Waals surface area contributed by atoms with Gasteiger partial charge in [0.15, 0.2) is 0 Å². The zero-order chi connectivity index (χ0) is 28.2. The third-order valence-corrected chi connectivity index (χ3v) is 9.73. The maximum Gasteiger partial charge on any atom is 0.409 e. The van der Waals surface area contributed by atoms with Crippen molar-refractivity contribution in [3.05, 3.63) is 35.4 Å². The molecular weight excluding hydrogens is 521 g/mol. The first-order valence-electron chi connectivity index (χ1n) is 14.8. The quantitative estimate of drug-likeness (QED) is 0.286. The summed E-state index contributed by atoms with van der Waals surface area (Å²) in [5.41, 5.74) is -0.956. The molecule has 0 radical (unpaired) electrons. The zero-order valence-electron chi connectivity index (χ0n) is 22.7. The Morgan fingerprint density at radius 1 is 0.718 bits per heavy atom. The van der Waals surface area contributed by atoms with Crippen LogP contribution >= 0.6 is 0 Å². The van der Waals surface area contributed by atoms with Crippen molar-refractivity contribution in [3.63, 3.8) is 0 Å². The van der Waals surface area contributed by atoms with Crippen LogP contribution < -0.4 is 4.74 Å². The third kappa shape index (κ3) is 8.16. The fraction of sp³-hybridized carbons (Fsp3) is 0.742. The highest BCUT2D eigenvalue weighted by atomic mass is 19.4. The van der Waals surface area contributed by atoms with E-state index >= 15 is 0 Å². The number of allylic oxidation sites excluding steroid dienone is 1. The predicted octanol–water partition coefficient (Wildman–Crippen LogP) is 10.7. The van der Waals surface area contributed by atoms with Crippen LogP contribution in [0.15, 0.2) is 18.2 Å². The molecule has 0 saturated heterocycles. The van der Waals surface area contributed by atoms with Crippen molar-refractivity contribution in [2.45, 2.75) is 109 Å². The molecule has 0 amide bonds. The second-order valence-electron chi connectivity index (χ2n) is 12.2. The van der Waals surface area contributed by atoms with E-state index in [0.29, 0.717) is 36.8 Å². The van der Waals surface area contributed by atoms with Gasteiger partial charge in [-0.15, -0.1) is 0 Å². The molecule has 3 aliphatic carbocycles. The Labute approximate surface area is 227 Å². The summed E-state index contributed by atoms with van der Waals surface area (Å²) in [5, 5.41) is 0. The smallest absolute Gasteiger partial charge is 0.409 e. The Bertz CT molecular complexity index is 925. The van der Waals surface area contributed by atoms with Crippen LogP contribution in [0.5, 0.6) is 5.75 Å². The summed E-state index contributed by atoms with van der Waals surface area (Å²) in [6, 6.07) is 1.01. The topological polar surface area (TPSA) is 9.23 Å². The Hall–Kier alpha value is -1.73. The molecule has 0 spiro atoms. The standard InChI is InChI=1S/C31H41F7O/c1-2-3-20-4-6-21(7-5-20)22-8-10-23(11-9-22)24-12-14-25(15-13-24)31(37,38)39-26-18-28(32)27(29(33)19-26)16-17-30(34,35)36/h16-25H,2-15H2,1H3. The number of hydrogen-bond donors (Lipinski definition) is 0. The van der Waals surface area contributed by atoms with Gasteiger partial charge in [0.05, 0.1) is 5.92 Å². The molecule has 0 heterocycles. The lowest BCUT2D eigenvalue weighted by Gasteiger charge is -2.42. The lowest BCUT2D eigenvalue weighted by Crippen LogP contribution is -2.38. The molecule has 0 aliphatic heterocycles. The summed E-state index contributed by atoms with van der Waals surface area (Å²) in [4.78, 5) is 0. The van der Waals surface area contributed by atoms with E-state index in [2.05, 4.69) is 6.92 Å². The number of halogens is 7. The van der Waals surface area contributed by atoms with Crippen LogP contribution in [0, 0.1) is 47.1 Å². The number of hydrogen-bond acceptors (Lipinski definition) is 1. The van der Waals surface area contributed by atoms with Crippen LogP contribution in [0.1, 0.15) is 102 Å². The molecule has 220 valence electrons. The molecule has 0 N–H and O–H groups in total. The summed E-state index contributed by atoms with van der Waals surface area (Å²) in [6.07, 6.45) is 6.41. The zero-order valence-corrected chi connectivity index (χ0v) is 22.7. The highest BCUT2D eigenvalue weighted by Crippen LogP contribution is 2.48. The molecule has 3 fully saturated rings. The summed E-state index contributed by atoms with van der Waals surface area (Å²) >= 11 is 0. The van der Waals surface area contributed by atoms with Gasteiger partial charge in [-0.25, -0.2) is 8.78 Å². The van der Waals surface area contributed by atoms with Crippen molar-refractivity contribution >= 4 is 6.08 Å². The summed E-state index contributed by atoms with van der Waals surface area (Å²) in [6.45, 7) is 2.27. The van der Waals surface area contributed by atoms with E-state index in [9.17, 15) is 30.7 Å². The normalized spacial score (nSPS) is 31.0. The Morgan fingerprint density at radius 2 is 1.15 bits per heavy atom. The van der Waals surface area contributed by atoms with Crippen molar-refractivity contribution in [3.8, 4) is 5.75 Å². The molecule has 0 unspecified atom stereocenters. The number of ether oxygens (including phenoxy) is 1. The van der Waals surface area contributed by atoms with Crippen LogP contribution in [0.3, 0.4) is 0 Å². The van der Waals surface area contributed by atoms with Crippen LogP contribution in [0.4, 0.5) is 30.7 Å². The van der Waals surface area contributed by atoms with E-state index in [0.717, 1.165) is 17.8 Å². The van der Waals surface area contributed by atoms with E-state index in [1.807, 2.05) is 0 Å². The second kappa shape index (κ2) is 12.8. The van der Waals surface area contributed by atoms with Gasteiger partial charge in [-0.05, 0) is 99.9 Å². The van der Waals surface area contributed by atoms with E-state index in [1.54, 1.807) is 0 Å².